The summed E-state index contributed by atoms with van der Waals surface area (Å²) in [5.74, 6) is -0.0801. The number of nitrogens with zero attached hydrogens (tertiary/aromatic N) is 2. The van der Waals surface area contributed by atoms with Gasteiger partial charge in [-0.1, -0.05) is 0 Å². The lowest BCUT2D eigenvalue weighted by molar-refractivity contribution is -0.149. The van der Waals surface area contributed by atoms with Crippen molar-refractivity contribution in [3.63, 3.8) is 0 Å². The molecule has 1 aromatic rings. The number of imidazole rings is 1. The molecule has 1 atom stereocenters. The highest BCUT2D eigenvalue weighted by Gasteiger charge is 2.33. The fraction of sp³-hybridized carbons (Fsp3) is 0.714. The van der Waals surface area contributed by atoms with E-state index in [0.29, 0.717) is 25.3 Å². The fourth-order valence-corrected chi connectivity index (χ4v) is 2.75. The van der Waals surface area contributed by atoms with E-state index in [2.05, 4.69) is 15.3 Å². The Hall–Kier alpha value is -1.57. The maximum absolute atomic E-state index is 12.4. The maximum atomic E-state index is 12.4. The Balaban J connectivity index is 1.74. The lowest BCUT2D eigenvalue weighted by Crippen LogP contribution is -2.44. The normalized spacial score (nSPS) is 20.1. The first kappa shape index (κ1) is 16.8. The van der Waals surface area contributed by atoms with Crippen LogP contribution >= 0.6 is 0 Å². The van der Waals surface area contributed by atoms with E-state index >= 15 is 0 Å². The summed E-state index contributed by atoms with van der Waals surface area (Å²) in [7, 11) is 0. The number of aryl methyl sites for hydroxylation is 1. The fourth-order valence-electron chi connectivity index (χ4n) is 2.75. The van der Waals surface area contributed by atoms with E-state index < -0.39 is 12.7 Å². The Morgan fingerprint density at radius 2 is 2.32 bits per heavy atom. The second-order valence-corrected chi connectivity index (χ2v) is 5.81. The molecule has 1 amide bonds. The summed E-state index contributed by atoms with van der Waals surface area (Å²) in [4.78, 5) is 20.2. The van der Waals surface area contributed by atoms with Crippen LogP contribution in [0.1, 0.15) is 24.2 Å². The second kappa shape index (κ2) is 7.13. The molecule has 1 saturated heterocycles. The van der Waals surface area contributed by atoms with Crippen LogP contribution in [-0.2, 0) is 11.2 Å². The van der Waals surface area contributed by atoms with Gasteiger partial charge in [0, 0.05) is 18.8 Å². The van der Waals surface area contributed by atoms with Crippen molar-refractivity contribution in [3.8, 4) is 0 Å². The molecule has 1 aliphatic rings. The summed E-state index contributed by atoms with van der Waals surface area (Å²) < 4.78 is 37.2. The van der Waals surface area contributed by atoms with Gasteiger partial charge in [0.05, 0.1) is 25.0 Å². The molecule has 124 valence electrons. The van der Waals surface area contributed by atoms with Crippen LogP contribution < -0.4 is 5.32 Å². The standard InChI is InChI=1S/C14H21F3N4O/c1-10-12(20-9-19-10)5-13(22)18-6-11-3-2-4-21(7-11)8-14(15,16)17/h9,11H,2-8H2,1H3,(H,18,22)(H,19,20). The molecule has 8 heteroatoms. The minimum Gasteiger partial charge on any atom is -0.355 e. The lowest BCUT2D eigenvalue weighted by atomic mass is 9.98. The van der Waals surface area contributed by atoms with Crippen LogP contribution in [0.25, 0.3) is 0 Å². The molecule has 0 aliphatic carbocycles. The van der Waals surface area contributed by atoms with Gasteiger partial charge in [0.15, 0.2) is 0 Å². The molecule has 1 fully saturated rings. The number of nitrogens with one attached hydrogen (secondary N) is 2. The molecular formula is C14H21F3N4O. The molecule has 0 spiro atoms. The number of carbonyl (C=O) groups is 1. The second-order valence-electron chi connectivity index (χ2n) is 5.81. The van der Waals surface area contributed by atoms with Gasteiger partial charge in [-0.3, -0.25) is 9.69 Å². The summed E-state index contributed by atoms with van der Waals surface area (Å²) >= 11 is 0. The third kappa shape index (κ3) is 5.32. The molecule has 2 N–H and O–H groups in total. The van der Waals surface area contributed by atoms with Crippen molar-refractivity contribution in [1.82, 2.24) is 20.2 Å². The van der Waals surface area contributed by atoms with Crippen LogP contribution in [0.4, 0.5) is 13.2 Å². The number of hydrogen-bond donors (Lipinski definition) is 2. The molecule has 5 nitrogen and oxygen atoms in total. The number of piperidine rings is 1. The SMILES string of the molecule is Cc1[nH]cnc1CC(=O)NCC1CCCN(CC(F)(F)F)C1. The van der Waals surface area contributed by atoms with E-state index in [0.717, 1.165) is 18.5 Å². The zero-order valence-corrected chi connectivity index (χ0v) is 12.5. The topological polar surface area (TPSA) is 61.0 Å². The predicted molar refractivity (Wildman–Crippen MR) is 75.3 cm³/mol. The summed E-state index contributed by atoms with van der Waals surface area (Å²) in [6.45, 7) is 2.23. The number of likely N-dealkylation sites (tertiary alicyclic amines) is 1. The van der Waals surface area contributed by atoms with Gasteiger partial charge in [0.25, 0.3) is 0 Å². The quantitative estimate of drug-likeness (QED) is 0.868. The first-order valence-electron chi connectivity index (χ1n) is 7.38. The van der Waals surface area contributed by atoms with Gasteiger partial charge in [-0.05, 0) is 32.2 Å². The predicted octanol–water partition coefficient (Wildman–Crippen LogP) is 1.65. The number of carbonyl (C=O) groups excluding carboxylic acids is 1. The molecule has 1 aliphatic heterocycles. The van der Waals surface area contributed by atoms with Gasteiger partial charge in [-0.15, -0.1) is 0 Å². The molecule has 1 aromatic heterocycles. The molecule has 2 heterocycles. The zero-order valence-electron chi connectivity index (χ0n) is 12.5. The summed E-state index contributed by atoms with van der Waals surface area (Å²) in [5.41, 5.74) is 1.55. The minimum absolute atomic E-state index is 0.0698. The van der Waals surface area contributed by atoms with E-state index in [4.69, 9.17) is 0 Å². The molecule has 0 saturated carbocycles. The van der Waals surface area contributed by atoms with Gasteiger partial charge in [-0.25, -0.2) is 4.98 Å². The third-order valence-corrected chi connectivity index (χ3v) is 3.86. The smallest absolute Gasteiger partial charge is 0.355 e. The number of amides is 1. The Morgan fingerprint density at radius 3 is 2.95 bits per heavy atom. The van der Waals surface area contributed by atoms with Gasteiger partial charge in [0.1, 0.15) is 0 Å². The number of H-pyrrole nitrogens is 1. The Morgan fingerprint density at radius 1 is 1.55 bits per heavy atom. The van der Waals surface area contributed by atoms with E-state index in [1.165, 1.54) is 11.2 Å². The van der Waals surface area contributed by atoms with E-state index in [1.54, 1.807) is 0 Å². The van der Waals surface area contributed by atoms with Gasteiger partial charge in [0.2, 0.25) is 5.91 Å². The van der Waals surface area contributed by atoms with Crippen molar-refractivity contribution in [2.24, 2.45) is 5.92 Å². The average molecular weight is 318 g/mol. The Bertz CT molecular complexity index is 501. The minimum atomic E-state index is -4.16. The van der Waals surface area contributed by atoms with Gasteiger partial charge >= 0.3 is 6.18 Å². The first-order valence-corrected chi connectivity index (χ1v) is 7.38. The van der Waals surface area contributed by atoms with Crippen molar-refractivity contribution in [2.75, 3.05) is 26.2 Å². The van der Waals surface area contributed by atoms with Crippen LogP contribution in [0.15, 0.2) is 6.33 Å². The monoisotopic (exact) mass is 318 g/mol. The van der Waals surface area contributed by atoms with E-state index in [1.807, 2.05) is 6.92 Å². The summed E-state index contributed by atoms with van der Waals surface area (Å²) in [5, 5.41) is 2.80. The largest absolute Gasteiger partial charge is 0.401 e. The summed E-state index contributed by atoms with van der Waals surface area (Å²) in [6, 6.07) is 0. The number of aromatic nitrogens is 2. The number of halogens is 3. The zero-order chi connectivity index (χ0) is 16.2. The maximum Gasteiger partial charge on any atom is 0.401 e. The third-order valence-electron chi connectivity index (χ3n) is 3.86. The van der Waals surface area contributed by atoms with E-state index in [-0.39, 0.29) is 18.2 Å². The highest BCUT2D eigenvalue weighted by Crippen LogP contribution is 2.22. The molecule has 2 rings (SSSR count). The van der Waals surface area contributed by atoms with Gasteiger partial charge in [-0.2, -0.15) is 13.2 Å². The number of rotatable bonds is 5. The van der Waals surface area contributed by atoms with Crippen molar-refractivity contribution < 1.29 is 18.0 Å². The Kier molecular flexibility index (Phi) is 5.44. The van der Waals surface area contributed by atoms with E-state index in [9.17, 15) is 18.0 Å². The molecular weight excluding hydrogens is 297 g/mol. The number of alkyl halides is 3. The Labute approximate surface area is 127 Å². The van der Waals surface area contributed by atoms with Crippen molar-refractivity contribution in [2.45, 2.75) is 32.4 Å². The van der Waals surface area contributed by atoms with Crippen LogP contribution in [0.2, 0.25) is 0 Å². The first-order chi connectivity index (χ1) is 10.3. The molecule has 1 unspecified atom stereocenters. The average Bonchev–Trinajstić information content (AvgIpc) is 2.80. The summed E-state index contributed by atoms with van der Waals surface area (Å²) in [6.07, 6.45) is -0.865. The van der Waals surface area contributed by atoms with Crippen molar-refractivity contribution >= 4 is 5.91 Å². The highest BCUT2D eigenvalue weighted by molar-refractivity contribution is 5.78. The van der Waals surface area contributed by atoms with Crippen molar-refractivity contribution in [3.05, 3.63) is 17.7 Å². The van der Waals surface area contributed by atoms with Crippen LogP contribution in [-0.4, -0.2) is 53.1 Å². The molecule has 0 aromatic carbocycles. The molecule has 22 heavy (non-hydrogen) atoms. The van der Waals surface area contributed by atoms with Gasteiger partial charge < -0.3 is 10.3 Å². The van der Waals surface area contributed by atoms with Crippen LogP contribution in [0.5, 0.6) is 0 Å². The highest BCUT2D eigenvalue weighted by atomic mass is 19.4. The number of aromatic amines is 1. The van der Waals surface area contributed by atoms with Crippen LogP contribution in [0, 0.1) is 12.8 Å². The lowest BCUT2D eigenvalue weighted by Gasteiger charge is -2.33. The van der Waals surface area contributed by atoms with Crippen molar-refractivity contribution in [1.29, 1.82) is 0 Å². The number of hydrogen-bond acceptors (Lipinski definition) is 3. The molecule has 0 radical (unpaired) electrons. The molecule has 0 bridgehead atoms. The van der Waals surface area contributed by atoms with Crippen LogP contribution in [0.3, 0.4) is 0 Å².